The molecule has 0 unspecified atom stereocenters. The van der Waals surface area contributed by atoms with Gasteiger partial charge in [-0.1, -0.05) is 155 Å². The molecule has 0 amide bonds. The fraction of sp³-hybridized carbons (Fsp3) is 0.444. The average Bonchev–Trinajstić information content (AvgIpc) is 3.21. The van der Waals surface area contributed by atoms with Crippen LogP contribution < -0.4 is 9.80 Å². The van der Waals surface area contributed by atoms with Crippen molar-refractivity contribution in [3.05, 3.63) is 144 Å². The van der Waals surface area contributed by atoms with Crippen LogP contribution in [0.1, 0.15) is 155 Å². The molecule has 2 heteroatoms. The van der Waals surface area contributed by atoms with Crippen LogP contribution in [-0.2, 0) is 23.7 Å². The molecule has 0 aliphatic carbocycles. The van der Waals surface area contributed by atoms with E-state index in [0.717, 1.165) is 24.2 Å². The molecule has 5 rings (SSSR count). The van der Waals surface area contributed by atoms with E-state index in [0.29, 0.717) is 0 Å². The van der Waals surface area contributed by atoms with E-state index in [1.807, 2.05) is 0 Å². The molecule has 5 aromatic rings. The first-order valence-electron chi connectivity index (χ1n) is 22.2. The zero-order valence-corrected chi connectivity index (χ0v) is 36.3. The highest BCUT2D eigenvalue weighted by Crippen LogP contribution is 2.41. The Morgan fingerprint density at radius 2 is 0.571 bits per heavy atom. The molecule has 0 heterocycles. The van der Waals surface area contributed by atoms with E-state index < -0.39 is 0 Å². The molecule has 0 N–H and O–H groups in total. The van der Waals surface area contributed by atoms with Crippen molar-refractivity contribution in [2.45, 2.75) is 156 Å². The zero-order chi connectivity index (χ0) is 40.0. The molecule has 0 aliphatic rings. The molecule has 298 valence electrons. The Labute approximate surface area is 342 Å². The van der Waals surface area contributed by atoms with E-state index in [4.69, 9.17) is 0 Å². The summed E-state index contributed by atoms with van der Waals surface area (Å²) >= 11 is 0. The number of nitrogens with zero attached hydrogens (tertiary/aromatic N) is 2. The summed E-state index contributed by atoms with van der Waals surface area (Å²) in [7, 11) is 0. The molecule has 0 saturated carbocycles. The summed E-state index contributed by atoms with van der Waals surface area (Å²) in [5, 5.41) is 0. The van der Waals surface area contributed by atoms with E-state index in [2.05, 4.69) is 187 Å². The Kier molecular flexibility index (Phi) is 15.9. The average molecular weight is 749 g/mol. The number of unbranched alkanes of at least 4 members (excludes halogenated alkanes) is 6. The largest absolute Gasteiger partial charge is 0.311 e. The Bertz CT molecular complexity index is 1710. The van der Waals surface area contributed by atoms with Gasteiger partial charge in [-0.3, -0.25) is 0 Å². The summed E-state index contributed by atoms with van der Waals surface area (Å²) in [6, 6.07) is 46.4. The second kappa shape index (κ2) is 20.7. The molecule has 0 spiro atoms. The molecule has 0 fully saturated rings. The Morgan fingerprint density at radius 3 is 0.839 bits per heavy atom. The standard InChI is InChI=1S/C54H72N2/c1-9-13-17-41-53(5,6)45-25-33-49(34-26-45)55(47-29-21-43(22-30-47)19-15-11-3)51-37-39-52(40-38-51)56(48-31-23-44(24-32-48)20-16-12-4)50-35-27-46(28-36-50)54(7,8)42-18-14-10-2/h21-40H,9-20,41-42H2,1-8H3. The van der Waals surface area contributed by atoms with E-state index in [1.54, 1.807) is 0 Å². The third-order valence-corrected chi connectivity index (χ3v) is 12.0. The van der Waals surface area contributed by atoms with Crippen LogP contribution in [0.4, 0.5) is 34.1 Å². The van der Waals surface area contributed by atoms with Gasteiger partial charge >= 0.3 is 0 Å². The quantitative estimate of drug-likeness (QED) is 0.0650. The third kappa shape index (κ3) is 11.4. The summed E-state index contributed by atoms with van der Waals surface area (Å²) < 4.78 is 0. The van der Waals surface area contributed by atoms with E-state index in [-0.39, 0.29) is 10.8 Å². The van der Waals surface area contributed by atoms with Crippen molar-refractivity contribution in [2.75, 3.05) is 9.80 Å². The minimum absolute atomic E-state index is 0.155. The number of hydrogen-bond donors (Lipinski definition) is 0. The van der Waals surface area contributed by atoms with Crippen molar-refractivity contribution in [1.82, 2.24) is 0 Å². The first-order valence-corrected chi connectivity index (χ1v) is 22.2. The molecule has 0 atom stereocenters. The van der Waals surface area contributed by atoms with Gasteiger partial charge in [-0.15, -0.1) is 0 Å². The van der Waals surface area contributed by atoms with Gasteiger partial charge in [0.05, 0.1) is 0 Å². The second-order valence-electron chi connectivity index (χ2n) is 17.5. The molecule has 5 aromatic carbocycles. The Balaban J connectivity index is 1.51. The summed E-state index contributed by atoms with van der Waals surface area (Å²) in [5.74, 6) is 0. The van der Waals surface area contributed by atoms with Gasteiger partial charge < -0.3 is 9.80 Å². The van der Waals surface area contributed by atoms with Gasteiger partial charge in [-0.2, -0.15) is 0 Å². The molecular formula is C54H72N2. The van der Waals surface area contributed by atoms with Crippen LogP contribution >= 0.6 is 0 Å². The molecular weight excluding hydrogens is 677 g/mol. The summed E-state index contributed by atoms with van der Waals surface area (Å²) in [6.07, 6.45) is 17.2. The van der Waals surface area contributed by atoms with Gasteiger partial charge in [0, 0.05) is 34.1 Å². The number of anilines is 6. The summed E-state index contributed by atoms with van der Waals surface area (Å²) in [6.45, 7) is 18.7. The van der Waals surface area contributed by atoms with Gasteiger partial charge in [0.1, 0.15) is 0 Å². The lowest BCUT2D eigenvalue weighted by atomic mass is 9.80. The highest BCUT2D eigenvalue weighted by molar-refractivity contribution is 5.81. The highest BCUT2D eigenvalue weighted by Gasteiger charge is 2.23. The van der Waals surface area contributed by atoms with Gasteiger partial charge in [-0.05, 0) is 144 Å². The molecule has 0 aliphatic heterocycles. The van der Waals surface area contributed by atoms with Crippen molar-refractivity contribution >= 4 is 34.1 Å². The lowest BCUT2D eigenvalue weighted by Crippen LogP contribution is -2.18. The van der Waals surface area contributed by atoms with Gasteiger partial charge in [-0.25, -0.2) is 0 Å². The van der Waals surface area contributed by atoms with Crippen LogP contribution in [0.3, 0.4) is 0 Å². The van der Waals surface area contributed by atoms with E-state index >= 15 is 0 Å². The lowest BCUT2D eigenvalue weighted by molar-refractivity contribution is 0.450. The fourth-order valence-electron chi connectivity index (χ4n) is 8.08. The van der Waals surface area contributed by atoms with Gasteiger partial charge in [0.25, 0.3) is 0 Å². The number of benzene rings is 5. The molecule has 0 saturated heterocycles. The number of hydrogen-bond acceptors (Lipinski definition) is 2. The lowest BCUT2D eigenvalue weighted by Gasteiger charge is -2.30. The van der Waals surface area contributed by atoms with E-state index in [9.17, 15) is 0 Å². The molecule has 2 nitrogen and oxygen atoms in total. The van der Waals surface area contributed by atoms with Gasteiger partial charge in [0.2, 0.25) is 0 Å². The van der Waals surface area contributed by atoms with Crippen LogP contribution in [0.25, 0.3) is 0 Å². The van der Waals surface area contributed by atoms with Crippen molar-refractivity contribution in [2.24, 2.45) is 0 Å². The van der Waals surface area contributed by atoms with Crippen LogP contribution in [0, 0.1) is 0 Å². The fourth-order valence-corrected chi connectivity index (χ4v) is 8.08. The topological polar surface area (TPSA) is 6.48 Å². The monoisotopic (exact) mass is 749 g/mol. The maximum Gasteiger partial charge on any atom is 0.0463 e. The maximum absolute atomic E-state index is 2.42. The number of aryl methyl sites for hydroxylation is 2. The smallest absolute Gasteiger partial charge is 0.0463 e. The summed E-state index contributed by atoms with van der Waals surface area (Å²) in [4.78, 5) is 4.84. The predicted octanol–water partition coefficient (Wildman–Crippen LogP) is 17.0. The molecule has 0 bridgehead atoms. The normalized spacial score (nSPS) is 11.9. The van der Waals surface area contributed by atoms with Crippen LogP contribution in [0.5, 0.6) is 0 Å². The first kappa shape index (κ1) is 42.8. The minimum Gasteiger partial charge on any atom is -0.311 e. The van der Waals surface area contributed by atoms with Crippen LogP contribution in [0.15, 0.2) is 121 Å². The highest BCUT2D eigenvalue weighted by atomic mass is 15.2. The van der Waals surface area contributed by atoms with Crippen LogP contribution in [-0.4, -0.2) is 0 Å². The number of rotatable bonds is 22. The second-order valence-corrected chi connectivity index (χ2v) is 17.5. The Morgan fingerprint density at radius 1 is 0.321 bits per heavy atom. The van der Waals surface area contributed by atoms with Crippen molar-refractivity contribution in [1.29, 1.82) is 0 Å². The third-order valence-electron chi connectivity index (χ3n) is 12.0. The van der Waals surface area contributed by atoms with Crippen molar-refractivity contribution < 1.29 is 0 Å². The van der Waals surface area contributed by atoms with Crippen molar-refractivity contribution in [3.63, 3.8) is 0 Å². The van der Waals surface area contributed by atoms with E-state index in [1.165, 1.54) is 122 Å². The predicted molar refractivity (Wildman–Crippen MR) is 247 cm³/mol. The first-order chi connectivity index (χ1) is 27.1. The summed E-state index contributed by atoms with van der Waals surface area (Å²) in [5.41, 5.74) is 13.0. The maximum atomic E-state index is 2.42. The molecule has 56 heavy (non-hydrogen) atoms. The SMILES string of the molecule is CCCCCC(C)(C)c1ccc(N(c2ccc(CCCC)cc2)c2ccc(N(c3ccc(CCCC)cc3)c3ccc(C(C)(C)CCCCC)cc3)cc2)cc1. The van der Waals surface area contributed by atoms with Crippen molar-refractivity contribution in [3.8, 4) is 0 Å². The molecule has 0 aromatic heterocycles. The Hall–Kier alpha value is -4.30. The van der Waals surface area contributed by atoms with Crippen LogP contribution in [0.2, 0.25) is 0 Å². The minimum atomic E-state index is 0.155. The zero-order valence-electron chi connectivity index (χ0n) is 36.3. The molecule has 0 radical (unpaired) electrons. The van der Waals surface area contributed by atoms with Gasteiger partial charge in [0.15, 0.2) is 0 Å².